The largest absolute Gasteiger partial charge is 0.331 e. The minimum absolute atomic E-state index is 0.452. The van der Waals surface area contributed by atoms with Crippen LogP contribution in [0.4, 0.5) is 0 Å². The molecule has 0 aliphatic rings. The van der Waals surface area contributed by atoms with Crippen LogP contribution in [0.5, 0.6) is 0 Å². The van der Waals surface area contributed by atoms with E-state index in [1.54, 1.807) is 11.8 Å². The average molecular weight is 226 g/mol. The zero-order chi connectivity index (χ0) is 10.2. The molecule has 5 heteroatoms. The summed E-state index contributed by atoms with van der Waals surface area (Å²) in [6, 6.07) is 0. The van der Waals surface area contributed by atoms with Crippen LogP contribution in [0.15, 0.2) is 0 Å². The van der Waals surface area contributed by atoms with Crippen molar-refractivity contribution in [3.63, 3.8) is 0 Å². The second kappa shape index (κ2) is 7.86. The zero-order valence-electron chi connectivity index (χ0n) is 8.62. The van der Waals surface area contributed by atoms with Gasteiger partial charge >= 0.3 is 7.60 Å². The molecule has 0 aromatic heterocycles. The fourth-order valence-corrected chi connectivity index (χ4v) is 3.70. The summed E-state index contributed by atoms with van der Waals surface area (Å²) in [5.41, 5.74) is 0. The van der Waals surface area contributed by atoms with Crippen LogP contribution in [0.3, 0.4) is 0 Å². The van der Waals surface area contributed by atoms with Crippen LogP contribution >= 0.6 is 19.4 Å². The van der Waals surface area contributed by atoms with Gasteiger partial charge in [-0.25, -0.2) is 0 Å². The Hall–Kier alpha value is 0.500. The van der Waals surface area contributed by atoms with Gasteiger partial charge in [-0.3, -0.25) is 4.57 Å². The van der Waals surface area contributed by atoms with Gasteiger partial charge in [-0.15, -0.1) is 0 Å². The standard InChI is InChI=1S/C8H19O3PS/c1-4-10-12(9,11-5-2)7-8-13-6-3/h4-8H2,1-3H3. The summed E-state index contributed by atoms with van der Waals surface area (Å²) in [5, 5.41) is 0. The number of thioether (sulfide) groups is 1. The van der Waals surface area contributed by atoms with Crippen LogP contribution in [-0.4, -0.2) is 30.9 Å². The van der Waals surface area contributed by atoms with Crippen molar-refractivity contribution in [1.82, 2.24) is 0 Å². The average Bonchev–Trinajstić information content (AvgIpc) is 2.05. The Kier molecular flexibility index (Phi) is 8.17. The Balaban J connectivity index is 3.85. The molecule has 0 amide bonds. The summed E-state index contributed by atoms with van der Waals surface area (Å²) in [6.45, 7) is 6.65. The van der Waals surface area contributed by atoms with Crippen molar-refractivity contribution in [2.45, 2.75) is 20.8 Å². The molecule has 0 spiro atoms. The van der Waals surface area contributed by atoms with Crippen molar-refractivity contribution in [3.05, 3.63) is 0 Å². The molecule has 0 bridgehead atoms. The maximum absolute atomic E-state index is 11.8. The molecular formula is C8H19O3PS. The third-order valence-corrected chi connectivity index (χ3v) is 4.64. The molecule has 0 atom stereocenters. The number of hydrogen-bond donors (Lipinski definition) is 0. The fourth-order valence-electron chi connectivity index (χ4n) is 0.880. The van der Waals surface area contributed by atoms with Crippen molar-refractivity contribution in [3.8, 4) is 0 Å². The van der Waals surface area contributed by atoms with Gasteiger partial charge in [0.15, 0.2) is 0 Å². The Labute approximate surface area is 85.1 Å². The van der Waals surface area contributed by atoms with Gasteiger partial charge in [0.1, 0.15) is 0 Å². The van der Waals surface area contributed by atoms with Crippen molar-refractivity contribution in [2.24, 2.45) is 0 Å². The predicted octanol–water partition coefficient (Wildman–Crippen LogP) is 3.01. The molecule has 0 unspecified atom stereocenters. The summed E-state index contributed by atoms with van der Waals surface area (Å²) >= 11 is 1.75. The maximum Gasteiger partial charge on any atom is 0.331 e. The quantitative estimate of drug-likeness (QED) is 0.471. The van der Waals surface area contributed by atoms with Crippen LogP contribution < -0.4 is 0 Å². The lowest BCUT2D eigenvalue weighted by molar-refractivity contribution is 0.221. The summed E-state index contributed by atoms with van der Waals surface area (Å²) < 4.78 is 22.1. The van der Waals surface area contributed by atoms with Gasteiger partial charge in [-0.2, -0.15) is 11.8 Å². The van der Waals surface area contributed by atoms with Crippen molar-refractivity contribution < 1.29 is 13.6 Å². The topological polar surface area (TPSA) is 35.5 Å². The molecule has 0 heterocycles. The van der Waals surface area contributed by atoms with Crippen LogP contribution in [0.2, 0.25) is 0 Å². The Morgan fingerprint density at radius 2 is 1.69 bits per heavy atom. The molecule has 0 fully saturated rings. The molecule has 80 valence electrons. The third-order valence-electron chi connectivity index (χ3n) is 1.37. The molecular weight excluding hydrogens is 207 g/mol. The van der Waals surface area contributed by atoms with Gasteiger partial charge in [0.25, 0.3) is 0 Å². The molecule has 0 rings (SSSR count). The SMILES string of the molecule is CCOP(=O)(CCSCC)OCC. The van der Waals surface area contributed by atoms with E-state index in [2.05, 4.69) is 6.92 Å². The molecule has 0 aromatic rings. The zero-order valence-corrected chi connectivity index (χ0v) is 10.3. The van der Waals surface area contributed by atoms with E-state index in [1.807, 2.05) is 13.8 Å². The summed E-state index contributed by atoms with van der Waals surface area (Å²) in [7, 11) is -2.77. The lowest BCUT2D eigenvalue weighted by Crippen LogP contribution is -2.02. The molecule has 0 radical (unpaired) electrons. The van der Waals surface area contributed by atoms with E-state index in [9.17, 15) is 4.57 Å². The first kappa shape index (κ1) is 13.5. The fraction of sp³-hybridized carbons (Fsp3) is 1.00. The predicted molar refractivity (Wildman–Crippen MR) is 58.7 cm³/mol. The normalized spacial score (nSPS) is 11.9. The monoisotopic (exact) mass is 226 g/mol. The lowest BCUT2D eigenvalue weighted by atomic mass is 10.9. The Bertz CT molecular complexity index is 153. The van der Waals surface area contributed by atoms with Crippen molar-refractivity contribution >= 4 is 19.4 Å². The van der Waals surface area contributed by atoms with Gasteiger partial charge in [0.05, 0.1) is 19.4 Å². The molecule has 13 heavy (non-hydrogen) atoms. The highest BCUT2D eigenvalue weighted by molar-refractivity contribution is 7.99. The van der Waals surface area contributed by atoms with E-state index in [0.29, 0.717) is 19.4 Å². The first-order valence-electron chi connectivity index (χ1n) is 4.64. The summed E-state index contributed by atoms with van der Waals surface area (Å²) in [5.74, 6) is 1.88. The van der Waals surface area contributed by atoms with Gasteiger partial charge in [-0.05, 0) is 19.6 Å². The van der Waals surface area contributed by atoms with Crippen LogP contribution in [-0.2, 0) is 13.6 Å². The second-order valence-electron chi connectivity index (χ2n) is 2.37. The number of hydrogen-bond acceptors (Lipinski definition) is 4. The van der Waals surface area contributed by atoms with E-state index in [0.717, 1.165) is 11.5 Å². The molecule has 0 N–H and O–H groups in total. The molecule has 0 saturated heterocycles. The van der Waals surface area contributed by atoms with Crippen molar-refractivity contribution in [2.75, 3.05) is 30.9 Å². The third kappa shape index (κ3) is 6.55. The highest BCUT2D eigenvalue weighted by Gasteiger charge is 2.22. The lowest BCUT2D eigenvalue weighted by Gasteiger charge is -2.16. The molecule has 0 aromatic carbocycles. The molecule has 0 saturated carbocycles. The Morgan fingerprint density at radius 1 is 1.15 bits per heavy atom. The van der Waals surface area contributed by atoms with Crippen LogP contribution in [0, 0.1) is 0 Å². The van der Waals surface area contributed by atoms with Gasteiger partial charge in [0, 0.05) is 5.75 Å². The van der Waals surface area contributed by atoms with E-state index in [-0.39, 0.29) is 0 Å². The van der Waals surface area contributed by atoms with E-state index in [1.165, 1.54) is 0 Å². The van der Waals surface area contributed by atoms with E-state index < -0.39 is 7.60 Å². The first-order chi connectivity index (χ1) is 6.18. The van der Waals surface area contributed by atoms with Crippen LogP contribution in [0.1, 0.15) is 20.8 Å². The van der Waals surface area contributed by atoms with Gasteiger partial charge in [-0.1, -0.05) is 6.92 Å². The van der Waals surface area contributed by atoms with Gasteiger partial charge < -0.3 is 9.05 Å². The first-order valence-corrected chi connectivity index (χ1v) is 7.52. The highest BCUT2D eigenvalue weighted by Crippen LogP contribution is 2.48. The molecule has 0 aliphatic carbocycles. The van der Waals surface area contributed by atoms with E-state index >= 15 is 0 Å². The van der Waals surface area contributed by atoms with Crippen LogP contribution in [0.25, 0.3) is 0 Å². The Morgan fingerprint density at radius 3 is 2.08 bits per heavy atom. The minimum atomic E-state index is -2.77. The summed E-state index contributed by atoms with van der Waals surface area (Å²) in [6.07, 6.45) is 0.521. The highest BCUT2D eigenvalue weighted by atomic mass is 32.2. The maximum atomic E-state index is 11.8. The minimum Gasteiger partial charge on any atom is -0.309 e. The van der Waals surface area contributed by atoms with Gasteiger partial charge in [0.2, 0.25) is 0 Å². The smallest absolute Gasteiger partial charge is 0.309 e. The summed E-state index contributed by atoms with van der Waals surface area (Å²) in [4.78, 5) is 0. The van der Waals surface area contributed by atoms with Crippen molar-refractivity contribution in [1.29, 1.82) is 0 Å². The van der Waals surface area contributed by atoms with E-state index in [4.69, 9.17) is 9.05 Å². The molecule has 0 aliphatic heterocycles. The molecule has 3 nitrogen and oxygen atoms in total. The number of rotatable bonds is 8. The second-order valence-corrected chi connectivity index (χ2v) is 5.95.